The second-order valence-electron chi connectivity index (χ2n) is 7.96. The molecule has 172 valence electrons. The highest BCUT2D eigenvalue weighted by Gasteiger charge is 2.21. The summed E-state index contributed by atoms with van der Waals surface area (Å²) in [5, 5.41) is 4.05. The fourth-order valence-corrected chi connectivity index (χ4v) is 3.79. The van der Waals surface area contributed by atoms with E-state index in [2.05, 4.69) is 39.3 Å². The van der Waals surface area contributed by atoms with Crippen LogP contribution in [0.2, 0.25) is 0 Å². The number of nitrogens with zero attached hydrogens (tertiary/aromatic N) is 4. The summed E-state index contributed by atoms with van der Waals surface area (Å²) in [6.07, 6.45) is 5.15. The van der Waals surface area contributed by atoms with Crippen LogP contribution in [-0.2, 0) is 11.2 Å². The van der Waals surface area contributed by atoms with Crippen LogP contribution in [0.1, 0.15) is 24.8 Å². The topological polar surface area (TPSA) is 71.7 Å². The van der Waals surface area contributed by atoms with Crippen LogP contribution in [0.25, 0.3) is 17.5 Å². The largest absolute Gasteiger partial charge is 0.494 e. The van der Waals surface area contributed by atoms with Gasteiger partial charge in [-0.1, -0.05) is 47.6 Å². The van der Waals surface area contributed by atoms with Crippen LogP contribution in [0.15, 0.2) is 65.2 Å². The molecular formula is C26H30N4O3. The Hall–Kier alpha value is -3.45. The molecule has 0 unspecified atom stereocenters. The molecule has 0 bridgehead atoms. The van der Waals surface area contributed by atoms with Crippen molar-refractivity contribution in [1.29, 1.82) is 0 Å². The predicted octanol–water partition coefficient (Wildman–Crippen LogP) is 3.93. The average Bonchev–Trinajstić information content (AvgIpc) is 3.33. The molecule has 4 rings (SSSR count). The van der Waals surface area contributed by atoms with E-state index in [4.69, 9.17) is 9.26 Å². The fraction of sp³-hybridized carbons (Fsp3) is 0.346. The number of hydrogen-bond acceptors (Lipinski definition) is 6. The van der Waals surface area contributed by atoms with Crippen molar-refractivity contribution in [3.8, 4) is 17.1 Å². The first-order valence-electron chi connectivity index (χ1n) is 11.5. The number of ether oxygens (including phenoxy) is 1. The van der Waals surface area contributed by atoms with Gasteiger partial charge < -0.3 is 14.2 Å². The van der Waals surface area contributed by atoms with Crippen LogP contribution in [0, 0.1) is 0 Å². The number of piperazine rings is 1. The summed E-state index contributed by atoms with van der Waals surface area (Å²) in [7, 11) is 0. The lowest BCUT2D eigenvalue weighted by Crippen LogP contribution is -2.48. The lowest BCUT2D eigenvalue weighted by atomic mass is 10.2. The molecular weight excluding hydrogens is 416 g/mol. The molecule has 0 N–H and O–H groups in total. The molecule has 1 aliphatic rings. The number of carbonyl (C=O) groups excluding carboxylic acids is 1. The molecule has 2 heterocycles. The highest BCUT2D eigenvalue weighted by molar-refractivity contribution is 5.76. The number of benzene rings is 2. The van der Waals surface area contributed by atoms with Crippen LogP contribution in [0.4, 0.5) is 0 Å². The number of aromatic nitrogens is 2. The molecule has 0 spiro atoms. The third kappa shape index (κ3) is 6.52. The maximum absolute atomic E-state index is 12.6. The molecule has 2 aromatic carbocycles. The van der Waals surface area contributed by atoms with E-state index in [0.717, 1.165) is 44.0 Å². The Morgan fingerprint density at radius 1 is 1.06 bits per heavy atom. The molecule has 0 radical (unpaired) electrons. The van der Waals surface area contributed by atoms with E-state index in [9.17, 15) is 4.79 Å². The van der Waals surface area contributed by atoms with Crippen molar-refractivity contribution < 1.29 is 14.1 Å². The van der Waals surface area contributed by atoms with Gasteiger partial charge in [0.25, 0.3) is 0 Å². The third-order valence-corrected chi connectivity index (χ3v) is 5.64. The van der Waals surface area contributed by atoms with Gasteiger partial charge in [-0.05, 0) is 36.8 Å². The average molecular weight is 447 g/mol. The molecule has 1 aliphatic heterocycles. The molecule has 3 aromatic rings. The first-order valence-corrected chi connectivity index (χ1v) is 11.5. The molecule has 1 saturated heterocycles. The third-order valence-electron chi connectivity index (χ3n) is 5.64. The van der Waals surface area contributed by atoms with Gasteiger partial charge in [0, 0.05) is 51.1 Å². The van der Waals surface area contributed by atoms with Crippen molar-refractivity contribution in [3.05, 3.63) is 72.1 Å². The van der Waals surface area contributed by atoms with Crippen molar-refractivity contribution in [3.63, 3.8) is 0 Å². The highest BCUT2D eigenvalue weighted by atomic mass is 16.5. The summed E-state index contributed by atoms with van der Waals surface area (Å²) in [5.74, 6) is 1.95. The number of carbonyl (C=O) groups is 1. The molecule has 1 fully saturated rings. The molecule has 0 atom stereocenters. The van der Waals surface area contributed by atoms with Crippen molar-refractivity contribution in [2.75, 3.05) is 39.3 Å². The van der Waals surface area contributed by atoms with Crippen LogP contribution in [0.3, 0.4) is 0 Å². The Labute approximate surface area is 194 Å². The Bertz CT molecular complexity index is 1040. The van der Waals surface area contributed by atoms with Gasteiger partial charge in [0.15, 0.2) is 0 Å². The summed E-state index contributed by atoms with van der Waals surface area (Å²) in [4.78, 5) is 21.4. The minimum absolute atomic E-state index is 0.135. The Morgan fingerprint density at radius 2 is 1.82 bits per heavy atom. The first-order chi connectivity index (χ1) is 16.2. The summed E-state index contributed by atoms with van der Waals surface area (Å²) < 4.78 is 10.8. The van der Waals surface area contributed by atoms with E-state index in [-0.39, 0.29) is 5.91 Å². The molecule has 0 aliphatic carbocycles. The molecule has 7 heteroatoms. The van der Waals surface area contributed by atoms with Gasteiger partial charge in [-0.15, -0.1) is 0 Å². The van der Waals surface area contributed by atoms with E-state index < -0.39 is 0 Å². The van der Waals surface area contributed by atoms with Crippen molar-refractivity contribution >= 4 is 12.0 Å². The second kappa shape index (κ2) is 11.4. The first kappa shape index (κ1) is 22.7. The Balaban J connectivity index is 1.19. The van der Waals surface area contributed by atoms with Crippen molar-refractivity contribution in [1.82, 2.24) is 19.9 Å². The number of aryl methyl sites for hydroxylation is 1. The van der Waals surface area contributed by atoms with E-state index >= 15 is 0 Å². The SMILES string of the molecule is CCOc1ccc(-c2noc(CCC(=O)N3CCN(C/C=C/c4ccccc4)CC3)n2)cc1. The molecule has 1 amide bonds. The smallest absolute Gasteiger partial charge is 0.227 e. The summed E-state index contributed by atoms with van der Waals surface area (Å²) in [5.41, 5.74) is 2.07. The van der Waals surface area contributed by atoms with E-state index in [0.29, 0.717) is 31.2 Å². The van der Waals surface area contributed by atoms with Crippen LogP contribution in [0.5, 0.6) is 5.75 Å². The van der Waals surface area contributed by atoms with Crippen LogP contribution < -0.4 is 4.74 Å². The number of rotatable bonds is 9. The second-order valence-corrected chi connectivity index (χ2v) is 7.96. The lowest BCUT2D eigenvalue weighted by Gasteiger charge is -2.34. The standard InChI is InChI=1S/C26H30N4O3/c1-2-32-23-12-10-22(11-13-23)26-27-24(33-28-26)14-15-25(31)30-19-17-29(18-20-30)16-6-9-21-7-4-3-5-8-21/h3-13H,2,14-20H2,1H3/b9-6+. The van der Waals surface area contributed by atoms with Gasteiger partial charge in [-0.2, -0.15) is 4.98 Å². The molecule has 0 saturated carbocycles. The molecule has 1 aromatic heterocycles. The van der Waals surface area contributed by atoms with Gasteiger partial charge in [0.05, 0.1) is 6.61 Å². The number of amides is 1. The normalized spacial score (nSPS) is 14.6. The Morgan fingerprint density at radius 3 is 2.55 bits per heavy atom. The zero-order valence-electron chi connectivity index (χ0n) is 19.0. The van der Waals surface area contributed by atoms with E-state index in [1.807, 2.05) is 54.3 Å². The summed E-state index contributed by atoms with van der Waals surface area (Å²) in [6, 6.07) is 17.9. The maximum Gasteiger partial charge on any atom is 0.227 e. The van der Waals surface area contributed by atoms with Gasteiger partial charge >= 0.3 is 0 Å². The van der Waals surface area contributed by atoms with Crippen molar-refractivity contribution in [2.45, 2.75) is 19.8 Å². The van der Waals surface area contributed by atoms with Gasteiger partial charge in [0.2, 0.25) is 17.6 Å². The molecule has 33 heavy (non-hydrogen) atoms. The zero-order chi connectivity index (χ0) is 22.9. The van der Waals surface area contributed by atoms with E-state index in [1.165, 1.54) is 5.56 Å². The fourth-order valence-electron chi connectivity index (χ4n) is 3.79. The van der Waals surface area contributed by atoms with E-state index in [1.54, 1.807) is 0 Å². The highest BCUT2D eigenvalue weighted by Crippen LogP contribution is 2.20. The van der Waals surface area contributed by atoms with Crippen LogP contribution >= 0.6 is 0 Å². The molecule has 7 nitrogen and oxygen atoms in total. The minimum atomic E-state index is 0.135. The summed E-state index contributed by atoms with van der Waals surface area (Å²) in [6.45, 7) is 6.73. The minimum Gasteiger partial charge on any atom is -0.494 e. The quantitative estimate of drug-likeness (QED) is 0.496. The van der Waals surface area contributed by atoms with Gasteiger partial charge in [-0.3, -0.25) is 9.69 Å². The monoisotopic (exact) mass is 446 g/mol. The zero-order valence-corrected chi connectivity index (χ0v) is 19.0. The summed E-state index contributed by atoms with van der Waals surface area (Å²) >= 11 is 0. The predicted molar refractivity (Wildman–Crippen MR) is 128 cm³/mol. The van der Waals surface area contributed by atoms with Gasteiger partial charge in [0.1, 0.15) is 5.75 Å². The maximum atomic E-state index is 12.6. The Kier molecular flexibility index (Phi) is 7.87. The number of hydrogen-bond donors (Lipinski definition) is 0. The van der Waals surface area contributed by atoms with Gasteiger partial charge in [-0.25, -0.2) is 0 Å². The lowest BCUT2D eigenvalue weighted by molar-refractivity contribution is -0.132. The van der Waals surface area contributed by atoms with Crippen molar-refractivity contribution in [2.24, 2.45) is 0 Å². The van der Waals surface area contributed by atoms with Crippen LogP contribution in [-0.4, -0.2) is 65.2 Å².